The van der Waals surface area contributed by atoms with Gasteiger partial charge in [-0.15, -0.1) is 0 Å². The van der Waals surface area contributed by atoms with Gasteiger partial charge in [0.15, 0.2) is 0 Å². The van der Waals surface area contributed by atoms with E-state index in [1.165, 1.54) is 6.07 Å². The topological polar surface area (TPSA) is 55.2 Å². The number of likely N-dealkylation sites (N-methyl/N-ethyl adjacent to an activating group) is 1. The quantitative estimate of drug-likeness (QED) is 0.607. The molecule has 4 heteroatoms. The number of hydrogen-bond acceptors (Lipinski definition) is 3. The predicted molar refractivity (Wildman–Crippen MR) is 60.7 cm³/mol. The third kappa shape index (κ3) is 3.52. The molecule has 0 unspecified atom stereocenters. The van der Waals surface area contributed by atoms with E-state index in [-0.39, 0.29) is 10.6 Å². The lowest BCUT2D eigenvalue weighted by Crippen LogP contribution is -2.08. The van der Waals surface area contributed by atoms with Crippen molar-refractivity contribution in [1.29, 1.82) is 0 Å². The molecule has 0 spiro atoms. The van der Waals surface area contributed by atoms with Crippen LogP contribution in [-0.2, 0) is 0 Å². The number of nitro groups is 1. The Morgan fingerprint density at radius 2 is 2.33 bits per heavy atom. The lowest BCUT2D eigenvalue weighted by Gasteiger charge is -1.99. The van der Waals surface area contributed by atoms with Crippen molar-refractivity contribution in [2.24, 2.45) is 0 Å². The highest BCUT2D eigenvalue weighted by atomic mass is 16.6. The Morgan fingerprint density at radius 3 is 2.93 bits per heavy atom. The molecular formula is C11H14N2O2. The third-order valence-electron chi connectivity index (χ3n) is 1.95. The largest absolute Gasteiger partial charge is 0.316 e. The van der Waals surface area contributed by atoms with Crippen molar-refractivity contribution in [3.63, 3.8) is 0 Å². The van der Waals surface area contributed by atoms with E-state index >= 15 is 0 Å². The summed E-state index contributed by atoms with van der Waals surface area (Å²) < 4.78 is 0. The Morgan fingerprint density at radius 1 is 1.60 bits per heavy atom. The summed E-state index contributed by atoms with van der Waals surface area (Å²) in [4.78, 5) is 10.2. The van der Waals surface area contributed by atoms with Crippen LogP contribution >= 0.6 is 0 Å². The van der Waals surface area contributed by atoms with E-state index in [0.29, 0.717) is 0 Å². The van der Waals surface area contributed by atoms with Crippen LogP contribution in [0.5, 0.6) is 0 Å². The summed E-state index contributed by atoms with van der Waals surface area (Å²) in [6, 6.07) is 6.60. The van der Waals surface area contributed by atoms with Gasteiger partial charge >= 0.3 is 0 Å². The molecule has 1 rings (SSSR count). The summed E-state index contributed by atoms with van der Waals surface area (Å²) in [6.07, 6.45) is 1.93. The monoisotopic (exact) mass is 206 g/mol. The molecular weight excluding hydrogens is 192 g/mol. The minimum atomic E-state index is -0.384. The van der Waals surface area contributed by atoms with Crippen LogP contribution in [0.25, 0.3) is 6.08 Å². The van der Waals surface area contributed by atoms with Gasteiger partial charge in [-0.2, -0.15) is 0 Å². The van der Waals surface area contributed by atoms with Crippen molar-refractivity contribution in [2.75, 3.05) is 13.6 Å². The maximum Gasteiger partial charge on any atom is 0.270 e. The summed E-state index contributed by atoms with van der Waals surface area (Å²) in [6.45, 7) is 2.76. The van der Waals surface area contributed by atoms with Gasteiger partial charge < -0.3 is 5.32 Å². The Kier molecular flexibility index (Phi) is 4.00. The van der Waals surface area contributed by atoms with E-state index in [1.807, 2.05) is 26.1 Å². The highest BCUT2D eigenvalue weighted by molar-refractivity contribution is 5.56. The summed E-state index contributed by atoms with van der Waals surface area (Å²) in [5.74, 6) is 0. The van der Waals surface area contributed by atoms with Crippen molar-refractivity contribution in [3.8, 4) is 0 Å². The van der Waals surface area contributed by atoms with E-state index in [1.54, 1.807) is 12.1 Å². The zero-order valence-electron chi connectivity index (χ0n) is 8.86. The summed E-state index contributed by atoms with van der Waals surface area (Å²) in [7, 11) is 1.87. The second-order valence-electron chi connectivity index (χ2n) is 3.37. The highest BCUT2D eigenvalue weighted by Gasteiger charge is 2.03. The fraction of sp³-hybridized carbons (Fsp3) is 0.273. The summed E-state index contributed by atoms with van der Waals surface area (Å²) >= 11 is 0. The molecule has 80 valence electrons. The first-order valence-corrected chi connectivity index (χ1v) is 4.69. The van der Waals surface area contributed by atoms with Gasteiger partial charge in [0.25, 0.3) is 5.69 Å². The van der Waals surface area contributed by atoms with Crippen LogP contribution in [0.3, 0.4) is 0 Å². The highest BCUT2D eigenvalue weighted by Crippen LogP contribution is 2.15. The molecule has 0 aliphatic carbocycles. The van der Waals surface area contributed by atoms with Crippen LogP contribution in [0.2, 0.25) is 0 Å². The molecule has 1 N–H and O–H groups in total. The second-order valence-corrected chi connectivity index (χ2v) is 3.37. The Bertz CT molecular complexity index is 386. The number of benzene rings is 1. The van der Waals surface area contributed by atoms with Gasteiger partial charge in [0.05, 0.1) is 4.92 Å². The van der Waals surface area contributed by atoms with Gasteiger partial charge in [-0.05, 0) is 19.5 Å². The van der Waals surface area contributed by atoms with Gasteiger partial charge in [0, 0.05) is 18.7 Å². The predicted octanol–water partition coefficient (Wildman–Crippen LogP) is 2.22. The summed E-state index contributed by atoms with van der Waals surface area (Å²) in [5.41, 5.74) is 2.12. The first-order chi connectivity index (χ1) is 7.13. The minimum absolute atomic E-state index is 0.126. The first kappa shape index (κ1) is 11.4. The Labute approximate surface area is 88.8 Å². The first-order valence-electron chi connectivity index (χ1n) is 4.69. The number of hydrogen-bond donors (Lipinski definition) is 1. The van der Waals surface area contributed by atoms with Gasteiger partial charge in [0.1, 0.15) is 0 Å². The van der Waals surface area contributed by atoms with E-state index in [2.05, 4.69) is 5.32 Å². The number of rotatable bonds is 4. The van der Waals surface area contributed by atoms with Crippen molar-refractivity contribution >= 4 is 11.8 Å². The van der Waals surface area contributed by atoms with Crippen LogP contribution in [0.1, 0.15) is 12.5 Å². The fourth-order valence-electron chi connectivity index (χ4n) is 1.34. The lowest BCUT2D eigenvalue weighted by atomic mass is 10.1. The number of non-ortho nitro benzene ring substituents is 1. The Hall–Kier alpha value is -1.68. The van der Waals surface area contributed by atoms with Crippen molar-refractivity contribution < 1.29 is 4.92 Å². The molecule has 0 aromatic heterocycles. The minimum Gasteiger partial charge on any atom is -0.316 e. The fourth-order valence-corrected chi connectivity index (χ4v) is 1.34. The van der Waals surface area contributed by atoms with E-state index in [0.717, 1.165) is 17.7 Å². The molecule has 1 aromatic rings. The average Bonchev–Trinajstić information content (AvgIpc) is 2.18. The zero-order valence-corrected chi connectivity index (χ0v) is 8.86. The van der Waals surface area contributed by atoms with Crippen molar-refractivity contribution in [3.05, 3.63) is 45.5 Å². The molecule has 0 aliphatic heterocycles. The van der Waals surface area contributed by atoms with E-state index < -0.39 is 0 Å². The smallest absolute Gasteiger partial charge is 0.270 e. The van der Waals surface area contributed by atoms with E-state index in [9.17, 15) is 10.1 Å². The van der Waals surface area contributed by atoms with Gasteiger partial charge in [-0.3, -0.25) is 10.1 Å². The Balaban J connectivity index is 2.91. The SMILES string of the molecule is CNCC(C)=Cc1cccc([N+](=O)[O-])c1. The van der Waals surface area contributed by atoms with Gasteiger partial charge in [0.2, 0.25) is 0 Å². The van der Waals surface area contributed by atoms with Gasteiger partial charge in [-0.25, -0.2) is 0 Å². The van der Waals surface area contributed by atoms with Crippen LogP contribution in [0.15, 0.2) is 29.8 Å². The maximum atomic E-state index is 10.5. The average molecular weight is 206 g/mol. The van der Waals surface area contributed by atoms with Crippen LogP contribution in [-0.4, -0.2) is 18.5 Å². The van der Waals surface area contributed by atoms with Gasteiger partial charge in [-0.1, -0.05) is 23.8 Å². The van der Waals surface area contributed by atoms with Crippen LogP contribution in [0.4, 0.5) is 5.69 Å². The molecule has 0 atom stereocenters. The molecule has 0 amide bonds. The zero-order chi connectivity index (χ0) is 11.3. The van der Waals surface area contributed by atoms with E-state index in [4.69, 9.17) is 0 Å². The maximum absolute atomic E-state index is 10.5. The molecule has 1 aromatic carbocycles. The molecule has 0 bridgehead atoms. The molecule has 15 heavy (non-hydrogen) atoms. The molecule has 0 fully saturated rings. The normalized spacial score (nSPS) is 11.5. The second kappa shape index (κ2) is 5.26. The molecule has 0 aliphatic rings. The van der Waals surface area contributed by atoms with Crippen molar-refractivity contribution in [1.82, 2.24) is 5.32 Å². The van der Waals surface area contributed by atoms with Crippen LogP contribution < -0.4 is 5.32 Å². The third-order valence-corrected chi connectivity index (χ3v) is 1.95. The molecule has 0 radical (unpaired) electrons. The molecule has 0 saturated heterocycles. The van der Waals surface area contributed by atoms with Crippen LogP contribution in [0, 0.1) is 10.1 Å². The summed E-state index contributed by atoms with van der Waals surface area (Å²) in [5, 5.41) is 13.6. The standard InChI is InChI=1S/C11H14N2O2/c1-9(8-12-2)6-10-4-3-5-11(7-10)13(14)15/h3-7,12H,8H2,1-2H3. The lowest BCUT2D eigenvalue weighted by molar-refractivity contribution is -0.384. The van der Waals surface area contributed by atoms with Crippen molar-refractivity contribution in [2.45, 2.75) is 6.92 Å². The molecule has 0 heterocycles. The number of nitro benzene ring substituents is 1. The number of nitrogens with zero attached hydrogens (tertiary/aromatic N) is 1. The molecule has 4 nitrogen and oxygen atoms in total. The number of nitrogens with one attached hydrogen (secondary N) is 1. The molecule has 0 saturated carbocycles.